The number of carbonyl (C=O) groups excluding carboxylic acids is 2. The zero-order valence-corrected chi connectivity index (χ0v) is 12.8. The first-order valence-corrected chi connectivity index (χ1v) is 7.16. The van der Waals surface area contributed by atoms with Crippen molar-refractivity contribution in [3.63, 3.8) is 0 Å². The van der Waals surface area contributed by atoms with Crippen molar-refractivity contribution in [2.45, 2.75) is 0 Å². The van der Waals surface area contributed by atoms with Gasteiger partial charge in [0.2, 0.25) is 0 Å². The lowest BCUT2D eigenvalue weighted by Crippen LogP contribution is -2.41. The molecule has 2 aromatic rings. The average molecular weight is 393 g/mol. The molecular weight excluding hydrogens is 386 g/mol. The number of halogens is 2. The van der Waals surface area contributed by atoms with Crippen molar-refractivity contribution in [2.75, 3.05) is 0 Å². The van der Waals surface area contributed by atoms with Gasteiger partial charge in [0.05, 0.1) is 8.66 Å². The molecule has 0 radical (unpaired) electrons. The first-order chi connectivity index (χ1) is 8.56. The highest BCUT2D eigenvalue weighted by Crippen LogP contribution is 2.21. The summed E-state index contributed by atoms with van der Waals surface area (Å²) in [5, 5.41) is 0. The summed E-state index contributed by atoms with van der Waals surface area (Å²) in [5.41, 5.74) is 5.01. The molecular formula is C10H7Br2N3O2S. The minimum absolute atomic E-state index is 0.356. The summed E-state index contributed by atoms with van der Waals surface area (Å²) in [7, 11) is 0. The van der Waals surface area contributed by atoms with Crippen molar-refractivity contribution in [1.29, 1.82) is 0 Å². The molecule has 0 fully saturated rings. The Balaban J connectivity index is 1.92. The molecule has 2 amide bonds. The van der Waals surface area contributed by atoms with Crippen LogP contribution in [0.25, 0.3) is 0 Å². The second-order valence-electron chi connectivity index (χ2n) is 3.24. The van der Waals surface area contributed by atoms with Crippen LogP contribution in [0, 0.1) is 0 Å². The Morgan fingerprint density at radius 1 is 1.17 bits per heavy atom. The van der Waals surface area contributed by atoms with Crippen molar-refractivity contribution in [1.82, 2.24) is 15.8 Å². The number of amides is 2. The van der Waals surface area contributed by atoms with Crippen LogP contribution >= 0.6 is 43.2 Å². The molecule has 18 heavy (non-hydrogen) atoms. The van der Waals surface area contributed by atoms with Crippen molar-refractivity contribution < 1.29 is 9.59 Å². The van der Waals surface area contributed by atoms with Crippen LogP contribution in [-0.4, -0.2) is 16.8 Å². The summed E-state index contributed by atoms with van der Waals surface area (Å²) in [6.07, 6.45) is 1.63. The second-order valence-corrected chi connectivity index (χ2v) is 6.62. The Labute approximate surface area is 123 Å². The Morgan fingerprint density at radius 3 is 2.44 bits per heavy atom. The van der Waals surface area contributed by atoms with Crippen molar-refractivity contribution >= 4 is 55.0 Å². The van der Waals surface area contributed by atoms with Gasteiger partial charge >= 0.3 is 0 Å². The van der Waals surface area contributed by atoms with Crippen LogP contribution in [0.1, 0.15) is 20.2 Å². The number of hydrogen-bond donors (Lipinski definition) is 3. The van der Waals surface area contributed by atoms with Gasteiger partial charge in [0.1, 0.15) is 5.69 Å². The number of nitrogens with one attached hydrogen (secondary N) is 3. The van der Waals surface area contributed by atoms with Gasteiger partial charge in [-0.05, 0) is 50.1 Å². The maximum Gasteiger partial charge on any atom is 0.286 e. The molecule has 2 heterocycles. The number of hydrazine groups is 1. The molecule has 0 aliphatic heterocycles. The fourth-order valence-corrected chi connectivity index (χ4v) is 2.80. The lowest BCUT2D eigenvalue weighted by atomic mass is 10.4. The van der Waals surface area contributed by atoms with Gasteiger partial charge in [-0.1, -0.05) is 0 Å². The van der Waals surface area contributed by atoms with Gasteiger partial charge in [-0.25, -0.2) is 0 Å². The van der Waals surface area contributed by atoms with Gasteiger partial charge in [0.15, 0.2) is 0 Å². The zero-order chi connectivity index (χ0) is 13.1. The predicted octanol–water partition coefficient (Wildman–Crippen LogP) is 2.68. The summed E-state index contributed by atoms with van der Waals surface area (Å²) < 4.78 is 1.62. The largest absolute Gasteiger partial charge is 0.356 e. The minimum Gasteiger partial charge on any atom is -0.356 e. The Bertz CT molecular complexity index is 541. The highest BCUT2D eigenvalue weighted by molar-refractivity contribution is 9.11. The van der Waals surface area contributed by atoms with E-state index in [2.05, 4.69) is 47.7 Å². The second kappa shape index (κ2) is 5.68. The van der Waals surface area contributed by atoms with E-state index in [0.717, 1.165) is 8.26 Å². The van der Waals surface area contributed by atoms with Crippen LogP contribution in [0.15, 0.2) is 32.7 Å². The number of rotatable bonds is 2. The van der Waals surface area contributed by atoms with Gasteiger partial charge in [0.25, 0.3) is 11.8 Å². The van der Waals surface area contributed by atoms with Crippen LogP contribution < -0.4 is 10.9 Å². The zero-order valence-electron chi connectivity index (χ0n) is 8.79. The smallest absolute Gasteiger partial charge is 0.286 e. The number of aromatic amines is 1. The van der Waals surface area contributed by atoms with Crippen LogP contribution in [0.4, 0.5) is 0 Å². The summed E-state index contributed by atoms with van der Waals surface area (Å²) in [6, 6.07) is 5.05. The molecule has 8 heteroatoms. The number of thiophene rings is 1. The summed E-state index contributed by atoms with van der Waals surface area (Å²) in [6.45, 7) is 0. The molecule has 2 aromatic heterocycles. The lowest BCUT2D eigenvalue weighted by molar-refractivity contribution is 0.0846. The van der Waals surface area contributed by atoms with E-state index < -0.39 is 5.91 Å². The van der Waals surface area contributed by atoms with E-state index in [-0.39, 0.29) is 5.91 Å². The third-order valence-corrected chi connectivity index (χ3v) is 4.06. The highest BCUT2D eigenvalue weighted by atomic mass is 79.9. The summed E-state index contributed by atoms with van der Waals surface area (Å²) >= 11 is 7.76. The fraction of sp³-hybridized carbons (Fsp3) is 0. The van der Waals surface area contributed by atoms with Crippen molar-refractivity contribution in [3.8, 4) is 0 Å². The summed E-state index contributed by atoms with van der Waals surface area (Å²) in [5.74, 6) is -0.769. The Kier molecular flexibility index (Phi) is 4.20. The van der Waals surface area contributed by atoms with E-state index in [1.165, 1.54) is 11.3 Å². The normalized spacial score (nSPS) is 10.1. The SMILES string of the molecule is O=C(NNC(=O)c1ccc(Br)s1)c1cc(Br)c[nH]1. The Morgan fingerprint density at radius 2 is 1.89 bits per heavy atom. The monoisotopic (exact) mass is 391 g/mol. The number of carbonyl (C=O) groups is 2. The number of hydrogen-bond acceptors (Lipinski definition) is 3. The molecule has 0 spiro atoms. The first kappa shape index (κ1) is 13.3. The molecule has 0 aliphatic carbocycles. The maximum atomic E-state index is 11.6. The van der Waals surface area contributed by atoms with Gasteiger partial charge in [-0.15, -0.1) is 11.3 Å². The maximum absolute atomic E-state index is 11.6. The van der Waals surface area contributed by atoms with E-state index in [1.807, 2.05) is 0 Å². The third-order valence-electron chi connectivity index (χ3n) is 1.98. The molecule has 0 aromatic carbocycles. The predicted molar refractivity (Wildman–Crippen MR) is 75.4 cm³/mol. The highest BCUT2D eigenvalue weighted by Gasteiger charge is 2.11. The van der Waals surface area contributed by atoms with Crippen LogP contribution in [0.3, 0.4) is 0 Å². The van der Waals surface area contributed by atoms with Gasteiger partial charge in [0, 0.05) is 10.7 Å². The first-order valence-electron chi connectivity index (χ1n) is 4.76. The summed E-state index contributed by atoms with van der Waals surface area (Å²) in [4.78, 5) is 26.5. The molecule has 0 saturated carbocycles. The number of aromatic nitrogens is 1. The minimum atomic E-state index is -0.412. The molecule has 3 N–H and O–H groups in total. The average Bonchev–Trinajstić information content (AvgIpc) is 2.94. The van der Waals surface area contributed by atoms with E-state index >= 15 is 0 Å². The van der Waals surface area contributed by atoms with Crippen molar-refractivity contribution in [2.24, 2.45) is 0 Å². The molecule has 2 rings (SSSR count). The van der Waals surface area contributed by atoms with E-state index in [9.17, 15) is 9.59 Å². The van der Waals surface area contributed by atoms with Crippen LogP contribution in [0.5, 0.6) is 0 Å². The lowest BCUT2D eigenvalue weighted by Gasteiger charge is -2.04. The van der Waals surface area contributed by atoms with E-state index in [4.69, 9.17) is 0 Å². The van der Waals surface area contributed by atoms with Crippen molar-refractivity contribution in [3.05, 3.63) is 43.2 Å². The molecule has 94 valence electrons. The quantitative estimate of drug-likeness (QED) is 0.687. The van der Waals surface area contributed by atoms with Crippen LogP contribution in [0.2, 0.25) is 0 Å². The third kappa shape index (κ3) is 3.21. The molecule has 0 bridgehead atoms. The topological polar surface area (TPSA) is 74.0 Å². The Hall–Kier alpha value is -1.12. The van der Waals surface area contributed by atoms with Crippen LogP contribution in [-0.2, 0) is 0 Å². The van der Waals surface area contributed by atoms with Gasteiger partial charge < -0.3 is 4.98 Å². The number of H-pyrrole nitrogens is 1. The molecule has 0 saturated heterocycles. The molecule has 5 nitrogen and oxygen atoms in total. The standard InChI is InChI=1S/C10H7Br2N3O2S/c11-5-3-6(13-4-5)9(16)14-15-10(17)7-1-2-8(12)18-7/h1-4,13H,(H,14,16)(H,15,17). The fourth-order valence-electron chi connectivity index (χ4n) is 1.18. The van der Waals surface area contributed by atoms with E-state index in [0.29, 0.717) is 10.6 Å². The molecule has 0 atom stereocenters. The van der Waals surface area contributed by atoms with Gasteiger partial charge in [-0.3, -0.25) is 20.4 Å². The van der Waals surface area contributed by atoms with E-state index in [1.54, 1.807) is 24.4 Å². The molecule has 0 aliphatic rings. The molecule has 0 unspecified atom stereocenters. The van der Waals surface area contributed by atoms with Gasteiger partial charge in [-0.2, -0.15) is 0 Å².